The number of amides is 1. The number of pyridine rings is 1. The number of carbonyl (C=O) groups excluding carboxylic acids is 1. The van der Waals surface area contributed by atoms with Crippen LogP contribution in [0.15, 0.2) is 43.4 Å². The van der Waals surface area contributed by atoms with E-state index in [0.29, 0.717) is 5.69 Å². The van der Waals surface area contributed by atoms with Gasteiger partial charge in [0.2, 0.25) is 0 Å². The number of hydrogen-bond donors (Lipinski definition) is 2. The largest absolute Gasteiger partial charge is 0.381 e. The highest BCUT2D eigenvalue weighted by Gasteiger charge is 2.21. The molecule has 0 aromatic carbocycles. The SMILES string of the molecule is CCn1cncc1-c1ccncc1NC(=O)c1c(N)nn2cc(F)cnc12. The van der Waals surface area contributed by atoms with Crippen LogP contribution in [-0.2, 0) is 6.54 Å². The maximum atomic E-state index is 13.3. The predicted octanol–water partition coefficient (Wildman–Crippen LogP) is 1.98. The first kappa shape index (κ1) is 16.6. The summed E-state index contributed by atoms with van der Waals surface area (Å²) >= 11 is 0. The van der Waals surface area contributed by atoms with Gasteiger partial charge in [-0.25, -0.2) is 18.9 Å². The summed E-state index contributed by atoms with van der Waals surface area (Å²) in [6.07, 6.45) is 8.69. The van der Waals surface area contributed by atoms with Crippen molar-refractivity contribution in [2.24, 2.45) is 0 Å². The second-order valence-corrected chi connectivity index (χ2v) is 5.74. The molecule has 0 spiro atoms. The summed E-state index contributed by atoms with van der Waals surface area (Å²) in [4.78, 5) is 25.0. The summed E-state index contributed by atoms with van der Waals surface area (Å²) in [7, 11) is 0. The lowest BCUT2D eigenvalue weighted by atomic mass is 10.1. The van der Waals surface area contributed by atoms with Crippen LogP contribution in [0.25, 0.3) is 16.9 Å². The first-order valence-electron chi connectivity index (χ1n) is 8.13. The molecule has 4 heterocycles. The van der Waals surface area contributed by atoms with Crippen molar-refractivity contribution >= 4 is 23.1 Å². The number of halogens is 1. The van der Waals surface area contributed by atoms with E-state index in [0.717, 1.165) is 34.7 Å². The number of aromatic nitrogens is 6. The molecule has 136 valence electrons. The minimum Gasteiger partial charge on any atom is -0.381 e. The number of fused-ring (bicyclic) bond motifs is 1. The van der Waals surface area contributed by atoms with E-state index in [2.05, 4.69) is 25.4 Å². The first-order chi connectivity index (χ1) is 13.1. The number of nitrogens with one attached hydrogen (secondary N) is 1. The fourth-order valence-corrected chi connectivity index (χ4v) is 2.85. The molecule has 10 heteroatoms. The van der Waals surface area contributed by atoms with Crippen molar-refractivity contribution in [3.63, 3.8) is 0 Å². The van der Waals surface area contributed by atoms with Gasteiger partial charge in [0.1, 0.15) is 5.56 Å². The zero-order chi connectivity index (χ0) is 19.0. The molecule has 0 saturated heterocycles. The monoisotopic (exact) mass is 366 g/mol. The zero-order valence-corrected chi connectivity index (χ0v) is 14.3. The molecule has 4 aromatic rings. The van der Waals surface area contributed by atoms with Crippen LogP contribution in [0.3, 0.4) is 0 Å². The summed E-state index contributed by atoms with van der Waals surface area (Å²) in [5.41, 5.74) is 8.15. The molecule has 0 fully saturated rings. The number of imidazole rings is 1. The lowest BCUT2D eigenvalue weighted by molar-refractivity contribution is 0.102. The standard InChI is InChI=1S/C17H15FN8O/c1-2-25-9-21-7-13(25)11-3-4-20-6-12(11)23-17(27)14-15(19)24-26-8-10(18)5-22-16(14)26/h3-9H,2H2,1H3,(H2,19,24)(H,23,27). The third-order valence-corrected chi connectivity index (χ3v) is 4.09. The van der Waals surface area contributed by atoms with E-state index in [1.807, 2.05) is 11.5 Å². The Kier molecular flexibility index (Phi) is 3.99. The second-order valence-electron chi connectivity index (χ2n) is 5.74. The molecule has 4 aromatic heterocycles. The van der Waals surface area contributed by atoms with Crippen LogP contribution in [0.4, 0.5) is 15.9 Å². The zero-order valence-electron chi connectivity index (χ0n) is 14.3. The molecule has 0 aliphatic heterocycles. The number of nitrogens with two attached hydrogens (primary N) is 1. The summed E-state index contributed by atoms with van der Waals surface area (Å²) in [5.74, 6) is -1.15. The highest BCUT2D eigenvalue weighted by Crippen LogP contribution is 2.28. The molecule has 0 aliphatic rings. The third kappa shape index (κ3) is 2.86. The van der Waals surface area contributed by atoms with Crippen molar-refractivity contribution in [1.82, 2.24) is 29.1 Å². The van der Waals surface area contributed by atoms with E-state index in [-0.39, 0.29) is 17.0 Å². The Labute approximate surface area is 152 Å². The molecule has 0 saturated carbocycles. The number of nitrogen functional groups attached to an aromatic ring is 1. The Morgan fingerprint density at radius 3 is 2.96 bits per heavy atom. The predicted molar refractivity (Wildman–Crippen MR) is 96.4 cm³/mol. The minimum atomic E-state index is -0.584. The fraction of sp³-hybridized carbons (Fsp3) is 0.118. The summed E-state index contributed by atoms with van der Waals surface area (Å²) in [5, 5.41) is 6.73. The van der Waals surface area contributed by atoms with Gasteiger partial charge in [-0.2, -0.15) is 0 Å². The van der Waals surface area contributed by atoms with Gasteiger partial charge in [0.25, 0.3) is 5.91 Å². The van der Waals surface area contributed by atoms with Crippen molar-refractivity contribution in [2.45, 2.75) is 13.5 Å². The van der Waals surface area contributed by atoms with Crippen molar-refractivity contribution in [1.29, 1.82) is 0 Å². The molecule has 0 bridgehead atoms. The van der Waals surface area contributed by atoms with Gasteiger partial charge in [-0.3, -0.25) is 9.78 Å². The molecule has 0 atom stereocenters. The van der Waals surface area contributed by atoms with Crippen LogP contribution < -0.4 is 11.1 Å². The molecule has 0 radical (unpaired) electrons. The second kappa shape index (κ2) is 6.48. The van der Waals surface area contributed by atoms with E-state index in [1.54, 1.807) is 24.8 Å². The maximum Gasteiger partial charge on any atom is 0.263 e. The van der Waals surface area contributed by atoms with Gasteiger partial charge in [0, 0.05) is 18.3 Å². The molecule has 1 amide bonds. The minimum absolute atomic E-state index is 0.0466. The van der Waals surface area contributed by atoms with Gasteiger partial charge in [0.05, 0.1) is 42.5 Å². The van der Waals surface area contributed by atoms with E-state index >= 15 is 0 Å². The summed E-state index contributed by atoms with van der Waals surface area (Å²) < 4.78 is 16.4. The van der Waals surface area contributed by atoms with Crippen LogP contribution in [0, 0.1) is 5.82 Å². The van der Waals surface area contributed by atoms with Gasteiger partial charge in [0.15, 0.2) is 17.3 Å². The van der Waals surface area contributed by atoms with Gasteiger partial charge in [-0.1, -0.05) is 0 Å². The van der Waals surface area contributed by atoms with Crippen molar-refractivity contribution in [3.8, 4) is 11.3 Å². The Morgan fingerprint density at radius 1 is 1.30 bits per heavy atom. The van der Waals surface area contributed by atoms with Crippen LogP contribution >= 0.6 is 0 Å². The number of nitrogens with zero attached hydrogens (tertiary/aromatic N) is 6. The molecular weight excluding hydrogens is 351 g/mol. The molecule has 27 heavy (non-hydrogen) atoms. The van der Waals surface area contributed by atoms with E-state index in [9.17, 15) is 9.18 Å². The molecule has 3 N–H and O–H groups in total. The summed E-state index contributed by atoms with van der Waals surface area (Å²) in [6, 6.07) is 1.78. The molecule has 4 rings (SSSR count). The third-order valence-electron chi connectivity index (χ3n) is 4.09. The maximum absolute atomic E-state index is 13.3. The topological polar surface area (TPSA) is 116 Å². The van der Waals surface area contributed by atoms with Gasteiger partial charge < -0.3 is 15.6 Å². The van der Waals surface area contributed by atoms with Gasteiger partial charge >= 0.3 is 0 Å². The van der Waals surface area contributed by atoms with Gasteiger partial charge in [-0.15, -0.1) is 5.10 Å². The fourth-order valence-electron chi connectivity index (χ4n) is 2.85. The average Bonchev–Trinajstić information content (AvgIpc) is 3.24. The Bertz CT molecular complexity index is 1150. The highest BCUT2D eigenvalue weighted by molar-refractivity contribution is 6.12. The van der Waals surface area contributed by atoms with E-state index < -0.39 is 11.7 Å². The highest BCUT2D eigenvalue weighted by atomic mass is 19.1. The number of aryl methyl sites for hydroxylation is 1. The van der Waals surface area contributed by atoms with Crippen molar-refractivity contribution in [3.05, 3.63) is 54.8 Å². The van der Waals surface area contributed by atoms with Crippen molar-refractivity contribution in [2.75, 3.05) is 11.1 Å². The average molecular weight is 366 g/mol. The number of carbonyl (C=O) groups is 1. The van der Waals surface area contributed by atoms with Crippen LogP contribution in [0.5, 0.6) is 0 Å². The smallest absolute Gasteiger partial charge is 0.263 e. The van der Waals surface area contributed by atoms with Crippen LogP contribution in [0.1, 0.15) is 17.3 Å². The van der Waals surface area contributed by atoms with Crippen molar-refractivity contribution < 1.29 is 9.18 Å². The Morgan fingerprint density at radius 2 is 2.15 bits per heavy atom. The number of rotatable bonds is 4. The molecular formula is C17H15FN8O. The quantitative estimate of drug-likeness (QED) is 0.570. The molecule has 0 aliphatic carbocycles. The number of hydrogen-bond acceptors (Lipinski definition) is 6. The Hall–Kier alpha value is -3.82. The lowest BCUT2D eigenvalue weighted by Crippen LogP contribution is -2.15. The van der Waals surface area contributed by atoms with Gasteiger partial charge in [-0.05, 0) is 13.0 Å². The van der Waals surface area contributed by atoms with E-state index in [4.69, 9.17) is 5.73 Å². The molecule has 9 nitrogen and oxygen atoms in total. The van der Waals surface area contributed by atoms with Crippen LogP contribution in [0.2, 0.25) is 0 Å². The number of anilines is 2. The lowest BCUT2D eigenvalue weighted by Gasteiger charge is -2.11. The normalized spacial score (nSPS) is 11.0. The molecule has 0 unspecified atom stereocenters. The van der Waals surface area contributed by atoms with E-state index in [1.165, 1.54) is 6.20 Å². The summed E-state index contributed by atoms with van der Waals surface area (Å²) in [6.45, 7) is 2.72. The first-order valence-corrected chi connectivity index (χ1v) is 8.13. The Balaban J connectivity index is 1.74. The van der Waals surface area contributed by atoms with Crippen LogP contribution in [-0.4, -0.2) is 35.0 Å².